The smallest absolute Gasteiger partial charge is 0.333 e. The number of nitrogens with zero attached hydrogens (tertiary/aromatic N) is 2. The fourth-order valence-electron chi connectivity index (χ4n) is 1.09. The summed E-state index contributed by atoms with van der Waals surface area (Å²) in [5.41, 5.74) is -0.910. The third-order valence-corrected chi connectivity index (χ3v) is 1.75. The molecule has 9 heteroatoms. The van der Waals surface area contributed by atoms with Crippen LogP contribution >= 0.6 is 0 Å². The molecule has 0 aliphatic carbocycles. The highest BCUT2D eigenvalue weighted by Gasteiger charge is 2.41. The van der Waals surface area contributed by atoms with Crippen LogP contribution in [0.3, 0.4) is 0 Å². The number of carbonyl (C=O) groups is 1. The highest BCUT2D eigenvalue weighted by atomic mass is 19.4. The number of nitro groups is 1. The quantitative estimate of drug-likeness (QED) is 0.476. The highest BCUT2D eigenvalue weighted by Crippen LogP contribution is 2.30. The van der Waals surface area contributed by atoms with E-state index in [1.54, 1.807) is 0 Å². The van der Waals surface area contributed by atoms with Crippen LogP contribution in [0.2, 0.25) is 0 Å². The number of benzene rings is 1. The largest absolute Gasteiger partial charge is 0.517 e. The second kappa shape index (κ2) is 4.90. The van der Waals surface area contributed by atoms with E-state index in [4.69, 9.17) is 0 Å². The first kappa shape index (κ1) is 13.7. The number of rotatable bonds is 3. The Labute approximate surface area is 98.7 Å². The number of hydroxylamine groups is 1. The number of hydrogen-bond acceptors (Lipinski definition) is 5. The topological polar surface area (TPSA) is 72.7 Å². The Morgan fingerprint density at radius 1 is 1.33 bits per heavy atom. The lowest BCUT2D eigenvalue weighted by Crippen LogP contribution is -2.39. The molecule has 0 aliphatic heterocycles. The van der Waals surface area contributed by atoms with Gasteiger partial charge in [0, 0.05) is 19.1 Å². The van der Waals surface area contributed by atoms with E-state index in [0.29, 0.717) is 0 Å². The molecule has 0 fully saturated rings. The van der Waals surface area contributed by atoms with Crippen LogP contribution in [0.5, 0.6) is 0 Å². The van der Waals surface area contributed by atoms with Crippen molar-refractivity contribution >= 4 is 17.3 Å². The van der Waals surface area contributed by atoms with Gasteiger partial charge in [0.2, 0.25) is 0 Å². The van der Waals surface area contributed by atoms with E-state index in [1.807, 2.05) is 0 Å². The van der Waals surface area contributed by atoms with Crippen molar-refractivity contribution < 1.29 is 27.7 Å². The molecule has 0 radical (unpaired) electrons. The lowest BCUT2D eigenvalue weighted by molar-refractivity contribution is -0.384. The second-order valence-corrected chi connectivity index (χ2v) is 3.12. The van der Waals surface area contributed by atoms with Crippen LogP contribution in [-0.2, 0) is 9.63 Å². The molecular weight excluding hydrogens is 257 g/mol. The van der Waals surface area contributed by atoms with Gasteiger partial charge < -0.3 is 4.84 Å². The minimum atomic E-state index is -4.94. The molecule has 0 aliphatic rings. The van der Waals surface area contributed by atoms with Gasteiger partial charge in [-0.3, -0.25) is 14.9 Å². The van der Waals surface area contributed by atoms with Crippen molar-refractivity contribution in [3.8, 4) is 0 Å². The Hall–Kier alpha value is -2.32. The molecule has 0 saturated carbocycles. The predicted molar refractivity (Wildman–Crippen MR) is 53.4 cm³/mol. The van der Waals surface area contributed by atoms with Crippen LogP contribution in [-0.4, -0.2) is 17.2 Å². The van der Waals surface area contributed by atoms with E-state index in [-0.39, 0.29) is 5.69 Å². The van der Waals surface area contributed by atoms with Gasteiger partial charge in [0.05, 0.1) is 10.6 Å². The monoisotopic (exact) mass is 264 g/mol. The van der Waals surface area contributed by atoms with Gasteiger partial charge in [0.15, 0.2) is 0 Å². The van der Waals surface area contributed by atoms with Crippen LogP contribution in [0.15, 0.2) is 24.3 Å². The van der Waals surface area contributed by atoms with E-state index < -0.39 is 27.9 Å². The maximum atomic E-state index is 12.5. The fraction of sp³-hybridized carbons (Fsp3) is 0.222. The van der Waals surface area contributed by atoms with Crippen LogP contribution in [0, 0.1) is 10.1 Å². The summed E-state index contributed by atoms with van der Waals surface area (Å²) in [6.45, 7) is 0.810. The van der Waals surface area contributed by atoms with E-state index in [1.165, 1.54) is 0 Å². The van der Waals surface area contributed by atoms with E-state index in [0.717, 1.165) is 31.2 Å². The normalized spacial score (nSPS) is 10.9. The van der Waals surface area contributed by atoms with Crippen molar-refractivity contribution in [2.45, 2.75) is 13.2 Å². The zero-order valence-corrected chi connectivity index (χ0v) is 8.97. The van der Waals surface area contributed by atoms with Gasteiger partial charge in [-0.1, -0.05) is 0 Å². The molecule has 0 saturated heterocycles. The number of non-ortho nitro benzene ring substituents is 1. The zero-order chi connectivity index (χ0) is 13.9. The van der Waals surface area contributed by atoms with Crippen LogP contribution in [0.25, 0.3) is 0 Å². The maximum Gasteiger partial charge on any atom is 0.517 e. The summed E-state index contributed by atoms with van der Waals surface area (Å²) in [5.74, 6) is -1.16. The standard InChI is InChI=1S/C9H7F3N2O4/c1-6(15)18-13(9(10,11)12)7-2-4-8(5-3-7)14(16)17/h2-5H,1H3. The number of anilines is 1. The Morgan fingerprint density at radius 2 is 1.83 bits per heavy atom. The molecular formula is C9H7F3N2O4. The first-order chi connectivity index (χ1) is 8.21. The van der Waals surface area contributed by atoms with Crippen molar-refractivity contribution in [2.24, 2.45) is 0 Å². The van der Waals surface area contributed by atoms with Crippen LogP contribution in [0.4, 0.5) is 24.5 Å². The van der Waals surface area contributed by atoms with E-state index in [2.05, 4.69) is 4.84 Å². The molecule has 0 N–H and O–H groups in total. The Morgan fingerprint density at radius 3 is 2.17 bits per heavy atom. The molecule has 98 valence electrons. The lowest BCUT2D eigenvalue weighted by atomic mass is 10.3. The summed E-state index contributed by atoms with van der Waals surface area (Å²) in [6, 6.07) is 3.40. The fourth-order valence-corrected chi connectivity index (χ4v) is 1.09. The van der Waals surface area contributed by atoms with Crippen molar-refractivity contribution in [1.29, 1.82) is 0 Å². The summed E-state index contributed by atoms with van der Waals surface area (Å²) in [5, 5.41) is 9.77. The van der Waals surface area contributed by atoms with Gasteiger partial charge in [0.1, 0.15) is 0 Å². The Kier molecular flexibility index (Phi) is 3.74. The molecule has 1 aromatic carbocycles. The summed E-state index contributed by atoms with van der Waals surface area (Å²) in [7, 11) is 0. The molecule has 0 spiro atoms. The van der Waals surface area contributed by atoms with Gasteiger partial charge in [-0.25, -0.2) is 0 Å². The lowest BCUT2D eigenvalue weighted by Gasteiger charge is -2.23. The molecule has 1 aromatic rings. The van der Waals surface area contributed by atoms with Gasteiger partial charge in [0.25, 0.3) is 5.69 Å². The van der Waals surface area contributed by atoms with Crippen molar-refractivity contribution in [1.82, 2.24) is 0 Å². The van der Waals surface area contributed by atoms with Crippen molar-refractivity contribution in [3.63, 3.8) is 0 Å². The number of alkyl halides is 3. The van der Waals surface area contributed by atoms with Crippen LogP contribution < -0.4 is 5.06 Å². The molecule has 0 amide bonds. The minimum absolute atomic E-state index is 0.372. The van der Waals surface area contributed by atoms with Gasteiger partial charge in [-0.2, -0.15) is 0 Å². The average Bonchev–Trinajstić information content (AvgIpc) is 2.24. The summed E-state index contributed by atoms with van der Waals surface area (Å²) in [4.78, 5) is 24.2. The summed E-state index contributed by atoms with van der Waals surface area (Å²) < 4.78 is 37.6. The Bertz CT molecular complexity index is 458. The first-order valence-corrected chi connectivity index (χ1v) is 4.52. The van der Waals surface area contributed by atoms with E-state index >= 15 is 0 Å². The van der Waals surface area contributed by atoms with Crippen molar-refractivity contribution in [3.05, 3.63) is 34.4 Å². The molecule has 0 bridgehead atoms. The Balaban J connectivity index is 3.06. The number of nitro benzene ring substituents is 1. The van der Waals surface area contributed by atoms with Crippen LogP contribution in [0.1, 0.15) is 6.92 Å². The van der Waals surface area contributed by atoms with Gasteiger partial charge in [-0.05, 0) is 12.1 Å². The summed E-state index contributed by atoms with van der Waals surface area (Å²) >= 11 is 0. The minimum Gasteiger partial charge on any atom is -0.333 e. The van der Waals surface area contributed by atoms with Crippen molar-refractivity contribution in [2.75, 3.05) is 5.06 Å². The number of carbonyl (C=O) groups excluding carboxylic acids is 1. The molecule has 0 atom stereocenters. The molecule has 0 heterocycles. The van der Waals surface area contributed by atoms with Gasteiger partial charge in [-0.15, -0.1) is 18.2 Å². The predicted octanol–water partition coefficient (Wildman–Crippen LogP) is 2.40. The van der Waals surface area contributed by atoms with E-state index in [9.17, 15) is 28.1 Å². The zero-order valence-electron chi connectivity index (χ0n) is 8.97. The third kappa shape index (κ3) is 3.34. The second-order valence-electron chi connectivity index (χ2n) is 3.12. The molecule has 0 unspecified atom stereocenters. The number of halogens is 3. The summed E-state index contributed by atoms with van der Waals surface area (Å²) in [6.07, 6.45) is -4.94. The molecule has 6 nitrogen and oxygen atoms in total. The maximum absolute atomic E-state index is 12.5. The average molecular weight is 264 g/mol. The molecule has 1 rings (SSSR count). The van der Waals surface area contributed by atoms with Gasteiger partial charge >= 0.3 is 12.3 Å². The molecule has 0 aromatic heterocycles. The third-order valence-electron chi connectivity index (χ3n) is 1.75. The molecule has 18 heavy (non-hydrogen) atoms. The highest BCUT2D eigenvalue weighted by molar-refractivity contribution is 5.68. The first-order valence-electron chi connectivity index (χ1n) is 4.52. The SMILES string of the molecule is CC(=O)ON(c1ccc([N+](=O)[O-])cc1)C(F)(F)F. The number of hydrogen-bond donors (Lipinski definition) is 0.